The second-order valence-corrected chi connectivity index (χ2v) is 23.6. The molecule has 7 atom stereocenters. The minimum Gasteiger partial charge on any atom is -0.394 e. The molecule has 7 unspecified atom stereocenters. The third-order valence-corrected chi connectivity index (χ3v) is 16.5. The molecule has 0 saturated carbocycles. The molecule has 1 amide bonds. The fourth-order valence-electron chi connectivity index (χ4n) is 11.2. The van der Waals surface area contributed by atoms with Crippen LogP contribution in [0, 0.1) is 0 Å². The van der Waals surface area contributed by atoms with E-state index in [1.165, 1.54) is 289 Å². The average molecular weight is 1050 g/mol. The summed E-state index contributed by atoms with van der Waals surface area (Å²) in [7, 11) is 0. The number of unbranched alkanes of at least 4 members (excludes halogenated alkanes) is 49. The van der Waals surface area contributed by atoms with Gasteiger partial charge in [0.2, 0.25) is 5.91 Å². The summed E-state index contributed by atoms with van der Waals surface area (Å²) in [5.74, 6) is -0.134. The Labute approximate surface area is 459 Å². The molecule has 9 nitrogen and oxygen atoms in total. The lowest BCUT2D eigenvalue weighted by atomic mass is 9.99. The Hall–Kier alpha value is -0.810. The number of nitrogens with one attached hydrogen (secondary N) is 1. The second-order valence-electron chi connectivity index (χ2n) is 23.6. The molecule has 1 aliphatic heterocycles. The summed E-state index contributed by atoms with van der Waals surface area (Å²) in [6, 6.07) is -0.715. The SMILES string of the molecule is CCCCCCCCCCCCCCCCCCCCCCCCCCCCCC(=O)NC(COC1OC(CO)C(O)C(O)C1O)C(O)CCCCCCCCCCCCCCCCCCCCCCCCCC. The van der Waals surface area contributed by atoms with Crippen LogP contribution in [0.1, 0.15) is 354 Å². The van der Waals surface area contributed by atoms with Crippen molar-refractivity contribution in [1.29, 1.82) is 0 Å². The normalized spacial score (nSPS) is 18.8. The number of carbonyl (C=O) groups is 1. The molecule has 0 radical (unpaired) electrons. The van der Waals surface area contributed by atoms with Crippen LogP contribution in [0.3, 0.4) is 0 Å². The molecule has 0 aromatic carbocycles. The number of hydrogen-bond acceptors (Lipinski definition) is 8. The third kappa shape index (κ3) is 44.1. The molecule has 1 rings (SSSR count). The average Bonchev–Trinajstić information content (AvgIpc) is 3.40. The summed E-state index contributed by atoms with van der Waals surface area (Å²) in [5, 5.41) is 54.9. The smallest absolute Gasteiger partial charge is 0.220 e. The van der Waals surface area contributed by atoms with Gasteiger partial charge in [-0.25, -0.2) is 0 Å². The van der Waals surface area contributed by atoms with Crippen molar-refractivity contribution in [3.63, 3.8) is 0 Å². The maximum atomic E-state index is 13.1. The zero-order valence-electron chi connectivity index (χ0n) is 49.4. The van der Waals surface area contributed by atoms with E-state index in [0.29, 0.717) is 12.8 Å². The topological polar surface area (TPSA) is 149 Å². The molecule has 6 N–H and O–H groups in total. The second kappa shape index (κ2) is 55.5. The highest BCUT2D eigenvalue weighted by atomic mass is 16.7. The fourth-order valence-corrected chi connectivity index (χ4v) is 11.2. The van der Waals surface area contributed by atoms with Crippen LogP contribution in [0.4, 0.5) is 0 Å². The molecular formula is C65H129NO8. The van der Waals surface area contributed by atoms with E-state index in [1.807, 2.05) is 0 Å². The Kier molecular flexibility index (Phi) is 53.4. The lowest BCUT2D eigenvalue weighted by Crippen LogP contribution is -2.60. The molecule has 1 saturated heterocycles. The van der Waals surface area contributed by atoms with Gasteiger partial charge < -0.3 is 40.3 Å². The Bertz CT molecular complexity index is 1130. The fraction of sp³-hybridized carbons (Fsp3) is 0.985. The summed E-state index contributed by atoms with van der Waals surface area (Å²) in [6.07, 6.45) is 61.6. The van der Waals surface area contributed by atoms with Gasteiger partial charge >= 0.3 is 0 Å². The molecule has 442 valence electrons. The Morgan fingerprint density at radius 2 is 0.676 bits per heavy atom. The molecule has 1 fully saturated rings. The van der Waals surface area contributed by atoms with Gasteiger partial charge in [0.05, 0.1) is 25.4 Å². The van der Waals surface area contributed by atoms with Crippen molar-refractivity contribution in [2.45, 2.75) is 397 Å². The molecule has 1 heterocycles. The first-order chi connectivity index (χ1) is 36.3. The Morgan fingerprint density at radius 1 is 0.405 bits per heavy atom. The molecule has 1 aliphatic rings. The number of aliphatic hydroxyl groups excluding tert-OH is 5. The van der Waals surface area contributed by atoms with Crippen LogP contribution in [0.25, 0.3) is 0 Å². The first-order valence-corrected chi connectivity index (χ1v) is 33.2. The van der Waals surface area contributed by atoms with Gasteiger partial charge in [0.15, 0.2) is 6.29 Å². The number of aliphatic hydroxyl groups is 5. The van der Waals surface area contributed by atoms with Crippen LogP contribution in [0.15, 0.2) is 0 Å². The first kappa shape index (κ1) is 71.2. The van der Waals surface area contributed by atoms with Crippen LogP contribution in [-0.2, 0) is 14.3 Å². The number of rotatable bonds is 59. The van der Waals surface area contributed by atoms with Gasteiger partial charge in [-0.3, -0.25) is 4.79 Å². The highest BCUT2D eigenvalue weighted by molar-refractivity contribution is 5.76. The Morgan fingerprint density at radius 3 is 0.959 bits per heavy atom. The van der Waals surface area contributed by atoms with Crippen molar-refractivity contribution in [3.05, 3.63) is 0 Å². The summed E-state index contributed by atoms with van der Waals surface area (Å²) in [5.41, 5.74) is 0. The van der Waals surface area contributed by atoms with Gasteiger partial charge in [0.1, 0.15) is 24.4 Å². The third-order valence-electron chi connectivity index (χ3n) is 16.5. The van der Waals surface area contributed by atoms with E-state index in [1.54, 1.807) is 0 Å². The minimum atomic E-state index is -1.55. The number of amides is 1. The van der Waals surface area contributed by atoms with E-state index >= 15 is 0 Å². The van der Waals surface area contributed by atoms with Gasteiger partial charge in [-0.2, -0.15) is 0 Å². The van der Waals surface area contributed by atoms with E-state index in [4.69, 9.17) is 9.47 Å². The molecule has 0 aliphatic carbocycles. The Balaban J connectivity index is 2.12. The van der Waals surface area contributed by atoms with E-state index in [9.17, 15) is 30.3 Å². The quantitative estimate of drug-likeness (QED) is 0.0330. The van der Waals surface area contributed by atoms with Gasteiger partial charge in [0, 0.05) is 6.42 Å². The monoisotopic (exact) mass is 1050 g/mol. The maximum Gasteiger partial charge on any atom is 0.220 e. The van der Waals surface area contributed by atoms with Crippen molar-refractivity contribution in [2.24, 2.45) is 0 Å². The highest BCUT2D eigenvalue weighted by Crippen LogP contribution is 2.24. The van der Waals surface area contributed by atoms with E-state index < -0.39 is 49.5 Å². The highest BCUT2D eigenvalue weighted by Gasteiger charge is 2.44. The summed E-state index contributed by atoms with van der Waals surface area (Å²) < 4.78 is 11.4. The minimum absolute atomic E-state index is 0.130. The lowest BCUT2D eigenvalue weighted by Gasteiger charge is -2.40. The van der Waals surface area contributed by atoms with E-state index in [0.717, 1.165) is 38.5 Å². The molecule has 0 aromatic heterocycles. The van der Waals surface area contributed by atoms with E-state index in [2.05, 4.69) is 19.2 Å². The van der Waals surface area contributed by atoms with Crippen LogP contribution in [0.5, 0.6) is 0 Å². The van der Waals surface area contributed by atoms with Crippen LogP contribution in [-0.4, -0.2) is 87.5 Å². The standard InChI is InChI=1S/C65H129NO8/c1-3-5-7-9-11-13-15-17-19-21-23-25-27-29-30-31-33-35-37-39-41-43-45-47-49-51-53-55-61(69)66-58(57-73-65-64(72)63(71)62(70)60(56-67)74-65)59(68)54-52-50-48-46-44-42-40-38-36-34-32-28-26-24-22-20-18-16-14-12-10-8-6-4-2/h58-60,62-65,67-68,70-72H,3-57H2,1-2H3,(H,66,69). The summed E-state index contributed by atoms with van der Waals surface area (Å²) >= 11 is 0. The number of carbonyl (C=O) groups excluding carboxylic acids is 1. The molecule has 9 heteroatoms. The maximum absolute atomic E-state index is 13.1. The zero-order valence-corrected chi connectivity index (χ0v) is 49.4. The molecule has 0 spiro atoms. The van der Waals surface area contributed by atoms with Crippen molar-refractivity contribution in [3.8, 4) is 0 Å². The van der Waals surface area contributed by atoms with Crippen molar-refractivity contribution in [1.82, 2.24) is 5.32 Å². The lowest BCUT2D eigenvalue weighted by molar-refractivity contribution is -0.302. The summed E-state index contributed by atoms with van der Waals surface area (Å²) in [6.45, 7) is 3.91. The van der Waals surface area contributed by atoms with Crippen LogP contribution >= 0.6 is 0 Å². The molecular weight excluding hydrogens is 923 g/mol. The van der Waals surface area contributed by atoms with Crippen LogP contribution < -0.4 is 5.32 Å². The number of hydrogen-bond donors (Lipinski definition) is 6. The predicted molar refractivity (Wildman–Crippen MR) is 314 cm³/mol. The van der Waals surface area contributed by atoms with Crippen molar-refractivity contribution >= 4 is 5.91 Å². The van der Waals surface area contributed by atoms with Crippen molar-refractivity contribution < 1.29 is 39.8 Å². The molecule has 0 aromatic rings. The van der Waals surface area contributed by atoms with Crippen molar-refractivity contribution in [2.75, 3.05) is 13.2 Å². The largest absolute Gasteiger partial charge is 0.394 e. The summed E-state index contributed by atoms with van der Waals surface area (Å²) in [4.78, 5) is 13.1. The van der Waals surface area contributed by atoms with Gasteiger partial charge in [0.25, 0.3) is 0 Å². The first-order valence-electron chi connectivity index (χ1n) is 33.2. The molecule has 0 bridgehead atoms. The predicted octanol–water partition coefficient (Wildman–Crippen LogP) is 17.4. The van der Waals surface area contributed by atoms with Gasteiger partial charge in [-0.1, -0.05) is 335 Å². The van der Waals surface area contributed by atoms with Gasteiger partial charge in [-0.15, -0.1) is 0 Å². The van der Waals surface area contributed by atoms with Gasteiger partial charge in [-0.05, 0) is 12.8 Å². The molecule has 74 heavy (non-hydrogen) atoms. The zero-order chi connectivity index (χ0) is 53.6. The van der Waals surface area contributed by atoms with E-state index in [-0.39, 0.29) is 12.5 Å². The van der Waals surface area contributed by atoms with Crippen LogP contribution in [0.2, 0.25) is 0 Å². The number of ether oxygens (including phenoxy) is 2.